The van der Waals surface area contributed by atoms with E-state index in [1.54, 1.807) is 30.8 Å². The Morgan fingerprint density at radius 1 is 1.15 bits per heavy atom. The quantitative estimate of drug-likeness (QED) is 0.401. The summed E-state index contributed by atoms with van der Waals surface area (Å²) in [5.74, 6) is -2.07. The second-order valence-corrected chi connectivity index (χ2v) is 5.87. The summed E-state index contributed by atoms with van der Waals surface area (Å²) in [6.07, 6.45) is 3.02. The van der Waals surface area contributed by atoms with Gasteiger partial charge in [-0.2, -0.15) is 5.10 Å². The molecule has 2 aromatic heterocycles. The SMILES string of the molecule is CCOC(=O)C(C=Nc1cc(C)nn1Cc1ccc(C)nc1)C(=O)OCC. The molecule has 0 amide bonds. The molecule has 0 N–H and O–H groups in total. The van der Waals surface area contributed by atoms with Gasteiger partial charge in [0.05, 0.1) is 25.5 Å². The highest BCUT2D eigenvalue weighted by Crippen LogP contribution is 2.17. The summed E-state index contributed by atoms with van der Waals surface area (Å²) in [7, 11) is 0. The van der Waals surface area contributed by atoms with Gasteiger partial charge in [0.2, 0.25) is 0 Å². The average Bonchev–Trinajstić information content (AvgIpc) is 2.97. The Labute approximate surface area is 158 Å². The number of ether oxygens (including phenoxy) is 2. The van der Waals surface area contributed by atoms with Crippen molar-refractivity contribution in [2.45, 2.75) is 34.2 Å². The summed E-state index contributed by atoms with van der Waals surface area (Å²) in [6.45, 7) is 7.91. The number of carbonyl (C=O) groups excluding carboxylic acids is 2. The molecule has 0 aromatic carbocycles. The van der Waals surface area contributed by atoms with Crippen LogP contribution in [0.3, 0.4) is 0 Å². The molecule has 0 fully saturated rings. The topological polar surface area (TPSA) is 95.7 Å². The van der Waals surface area contributed by atoms with Crippen LogP contribution in [0.4, 0.5) is 5.82 Å². The number of pyridine rings is 1. The van der Waals surface area contributed by atoms with Gasteiger partial charge in [-0.25, -0.2) is 9.67 Å². The number of aliphatic imine (C=N–C) groups is 1. The molecule has 2 aromatic rings. The number of carbonyl (C=O) groups is 2. The van der Waals surface area contributed by atoms with Crippen LogP contribution in [0.1, 0.15) is 30.8 Å². The molecule has 0 unspecified atom stereocenters. The van der Waals surface area contributed by atoms with Crippen LogP contribution in [0.15, 0.2) is 29.4 Å². The maximum Gasteiger partial charge on any atom is 0.325 e. The molecule has 0 aliphatic heterocycles. The van der Waals surface area contributed by atoms with Crippen LogP contribution in [0.5, 0.6) is 0 Å². The summed E-state index contributed by atoms with van der Waals surface area (Å²) in [5, 5.41) is 4.41. The van der Waals surface area contributed by atoms with Crippen molar-refractivity contribution in [1.29, 1.82) is 0 Å². The van der Waals surface area contributed by atoms with E-state index < -0.39 is 17.9 Å². The lowest BCUT2D eigenvalue weighted by Crippen LogP contribution is -2.29. The van der Waals surface area contributed by atoms with E-state index in [1.165, 1.54) is 6.21 Å². The van der Waals surface area contributed by atoms with Crippen LogP contribution >= 0.6 is 0 Å². The zero-order valence-corrected chi connectivity index (χ0v) is 16.0. The molecule has 2 heterocycles. The Hall–Kier alpha value is -3.03. The second kappa shape index (κ2) is 9.61. The number of hydrogen-bond donors (Lipinski definition) is 0. The fourth-order valence-electron chi connectivity index (χ4n) is 2.35. The monoisotopic (exact) mass is 372 g/mol. The largest absolute Gasteiger partial charge is 0.465 e. The summed E-state index contributed by atoms with van der Waals surface area (Å²) >= 11 is 0. The fourth-order valence-corrected chi connectivity index (χ4v) is 2.35. The van der Waals surface area contributed by atoms with Gasteiger partial charge in [0.25, 0.3) is 0 Å². The molecule has 0 spiro atoms. The molecule has 144 valence electrons. The fraction of sp³-hybridized carbons (Fsp3) is 0.421. The second-order valence-electron chi connectivity index (χ2n) is 5.87. The van der Waals surface area contributed by atoms with Gasteiger partial charge in [-0.1, -0.05) is 6.07 Å². The summed E-state index contributed by atoms with van der Waals surface area (Å²) in [6, 6.07) is 5.66. The van der Waals surface area contributed by atoms with Gasteiger partial charge in [-0.3, -0.25) is 14.6 Å². The molecule has 2 rings (SSSR count). The highest BCUT2D eigenvalue weighted by Gasteiger charge is 2.28. The van der Waals surface area contributed by atoms with Crippen molar-refractivity contribution in [2.75, 3.05) is 13.2 Å². The minimum Gasteiger partial charge on any atom is -0.465 e. The zero-order valence-electron chi connectivity index (χ0n) is 16.0. The standard InChI is InChI=1S/C19H24N4O4/c1-5-26-18(24)16(19(25)27-6-2)11-21-17-9-14(4)22-23(17)12-15-8-7-13(3)20-10-15/h7-11,16H,5-6,12H2,1-4H3. The molecule has 0 saturated heterocycles. The first-order chi connectivity index (χ1) is 12.9. The molecule has 8 heteroatoms. The first kappa shape index (κ1) is 20.3. The Kier molecular flexibility index (Phi) is 7.22. The maximum atomic E-state index is 12.0. The van der Waals surface area contributed by atoms with Crippen molar-refractivity contribution in [3.05, 3.63) is 41.3 Å². The van der Waals surface area contributed by atoms with Crippen molar-refractivity contribution in [3.8, 4) is 0 Å². The number of esters is 2. The average molecular weight is 372 g/mol. The van der Waals surface area contributed by atoms with Gasteiger partial charge in [0.1, 0.15) is 0 Å². The first-order valence-corrected chi connectivity index (χ1v) is 8.78. The first-order valence-electron chi connectivity index (χ1n) is 8.78. The van der Waals surface area contributed by atoms with Crippen molar-refractivity contribution >= 4 is 24.0 Å². The van der Waals surface area contributed by atoms with Crippen LogP contribution in [0.2, 0.25) is 0 Å². The van der Waals surface area contributed by atoms with Gasteiger partial charge in [-0.05, 0) is 39.3 Å². The van der Waals surface area contributed by atoms with Crippen molar-refractivity contribution < 1.29 is 19.1 Å². The predicted octanol–water partition coefficient (Wildman–Crippen LogP) is 2.39. The van der Waals surface area contributed by atoms with Crippen molar-refractivity contribution in [3.63, 3.8) is 0 Å². The molecule has 8 nitrogen and oxygen atoms in total. The third-order valence-electron chi connectivity index (χ3n) is 3.62. The smallest absolute Gasteiger partial charge is 0.325 e. The molecule has 0 atom stereocenters. The van der Waals surface area contributed by atoms with E-state index in [0.29, 0.717) is 12.4 Å². The number of nitrogens with zero attached hydrogens (tertiary/aromatic N) is 4. The molecule has 27 heavy (non-hydrogen) atoms. The van der Waals surface area contributed by atoms with E-state index in [1.807, 2.05) is 26.0 Å². The van der Waals surface area contributed by atoms with E-state index >= 15 is 0 Å². The number of hydrogen-bond acceptors (Lipinski definition) is 7. The maximum absolute atomic E-state index is 12.0. The Morgan fingerprint density at radius 2 is 1.81 bits per heavy atom. The molecule has 0 bridgehead atoms. The van der Waals surface area contributed by atoms with Gasteiger partial charge in [0.15, 0.2) is 11.7 Å². The minimum atomic E-state index is -1.21. The normalized spacial score (nSPS) is 11.1. The zero-order chi connectivity index (χ0) is 19.8. The van der Waals surface area contributed by atoms with Crippen LogP contribution in [0, 0.1) is 19.8 Å². The number of rotatable bonds is 8. The lowest BCUT2D eigenvalue weighted by molar-refractivity contribution is -0.157. The number of aryl methyl sites for hydroxylation is 2. The summed E-state index contributed by atoms with van der Waals surface area (Å²) < 4.78 is 11.6. The van der Waals surface area contributed by atoms with E-state index in [9.17, 15) is 9.59 Å². The molecule has 0 aliphatic carbocycles. The lowest BCUT2D eigenvalue weighted by Gasteiger charge is -2.10. The van der Waals surface area contributed by atoms with Gasteiger partial charge in [-0.15, -0.1) is 0 Å². The summed E-state index contributed by atoms with van der Waals surface area (Å²) in [4.78, 5) is 32.7. The van der Waals surface area contributed by atoms with E-state index in [0.717, 1.165) is 17.0 Å². The molecule has 0 radical (unpaired) electrons. The molecular formula is C19H24N4O4. The van der Waals surface area contributed by atoms with E-state index in [2.05, 4.69) is 15.1 Å². The highest BCUT2D eigenvalue weighted by atomic mass is 16.6. The molecular weight excluding hydrogens is 348 g/mol. The van der Waals surface area contributed by atoms with E-state index in [4.69, 9.17) is 9.47 Å². The summed E-state index contributed by atoms with van der Waals surface area (Å²) in [5.41, 5.74) is 2.67. The molecule has 0 aliphatic rings. The minimum absolute atomic E-state index is 0.167. The van der Waals surface area contributed by atoms with Crippen LogP contribution in [0.25, 0.3) is 0 Å². The Balaban J connectivity index is 2.24. The predicted molar refractivity (Wildman–Crippen MR) is 99.9 cm³/mol. The van der Waals surface area contributed by atoms with E-state index in [-0.39, 0.29) is 13.2 Å². The van der Waals surface area contributed by atoms with Crippen LogP contribution < -0.4 is 0 Å². The Morgan fingerprint density at radius 3 is 2.37 bits per heavy atom. The highest BCUT2D eigenvalue weighted by molar-refractivity contribution is 6.09. The third-order valence-corrected chi connectivity index (χ3v) is 3.62. The molecule has 0 saturated carbocycles. The van der Waals surface area contributed by atoms with Crippen LogP contribution in [-0.2, 0) is 25.6 Å². The van der Waals surface area contributed by atoms with Gasteiger partial charge in [0, 0.05) is 24.2 Å². The third kappa shape index (κ3) is 5.73. The Bertz CT molecular complexity index is 794. The van der Waals surface area contributed by atoms with Crippen LogP contribution in [-0.4, -0.2) is 46.1 Å². The number of aromatic nitrogens is 3. The van der Waals surface area contributed by atoms with Gasteiger partial charge < -0.3 is 9.47 Å². The van der Waals surface area contributed by atoms with Crippen molar-refractivity contribution in [2.24, 2.45) is 10.9 Å². The van der Waals surface area contributed by atoms with Crippen molar-refractivity contribution in [1.82, 2.24) is 14.8 Å². The lowest BCUT2D eigenvalue weighted by atomic mass is 10.2. The van der Waals surface area contributed by atoms with Gasteiger partial charge >= 0.3 is 11.9 Å².